The fraction of sp³-hybridized carbons (Fsp3) is 0.318. The van der Waals surface area contributed by atoms with Crippen molar-refractivity contribution >= 4 is 38.3 Å². The molecule has 1 aliphatic carbocycles. The third kappa shape index (κ3) is 4.22. The van der Waals surface area contributed by atoms with Gasteiger partial charge in [-0.05, 0) is 23.6 Å². The maximum absolute atomic E-state index is 11.1. The molecule has 4 N–H and O–H groups in total. The number of hydrogen-bond acceptors (Lipinski definition) is 8. The lowest BCUT2D eigenvalue weighted by Crippen LogP contribution is -2.24. The Morgan fingerprint density at radius 3 is 2.78 bits per heavy atom. The van der Waals surface area contributed by atoms with Crippen LogP contribution in [0.4, 0.5) is 11.5 Å². The van der Waals surface area contributed by atoms with Crippen LogP contribution in [0.2, 0.25) is 0 Å². The van der Waals surface area contributed by atoms with E-state index < -0.39 is 16.4 Å². The van der Waals surface area contributed by atoms with E-state index in [0.717, 1.165) is 27.7 Å². The molecule has 0 unspecified atom stereocenters. The van der Waals surface area contributed by atoms with Crippen LogP contribution in [0.1, 0.15) is 24.1 Å². The number of hydrogen-bond donors (Lipinski definition) is 3. The molecule has 1 fully saturated rings. The van der Waals surface area contributed by atoms with Crippen molar-refractivity contribution in [3.8, 4) is 0 Å². The van der Waals surface area contributed by atoms with Gasteiger partial charge in [0.25, 0.3) is 0 Å². The van der Waals surface area contributed by atoms with Crippen LogP contribution < -0.4 is 10.5 Å². The maximum Gasteiger partial charge on any atom is 0.333 e. The first-order valence-corrected chi connectivity index (χ1v) is 11.9. The predicted octanol–water partition coefficient (Wildman–Crippen LogP) is 2.08. The summed E-state index contributed by atoms with van der Waals surface area (Å²) in [6, 6.07) is 14.3. The SMILES string of the molecule is NS(=O)(=O)OC[C@@H]1C[C@@H](Nc2ncnc3c2N=C(c2cccc4ccccc24)C3)C[C@@H]1O. The first kappa shape index (κ1) is 21.0. The highest BCUT2D eigenvalue weighted by Gasteiger charge is 2.35. The van der Waals surface area contributed by atoms with Gasteiger partial charge in [0, 0.05) is 23.9 Å². The lowest BCUT2D eigenvalue weighted by Gasteiger charge is -2.14. The molecule has 3 aromatic rings. The maximum atomic E-state index is 11.1. The molecule has 32 heavy (non-hydrogen) atoms. The zero-order valence-electron chi connectivity index (χ0n) is 17.2. The van der Waals surface area contributed by atoms with Gasteiger partial charge in [0.2, 0.25) is 0 Å². The molecule has 2 heterocycles. The number of nitrogens with one attached hydrogen (secondary N) is 1. The van der Waals surface area contributed by atoms with Gasteiger partial charge >= 0.3 is 10.3 Å². The molecule has 1 aromatic heterocycles. The molecule has 2 aliphatic rings. The standard InChI is InChI=1S/C22H23N5O4S/c23-32(29,30)31-11-14-8-15(9-20(14)28)26-22-21-19(24-12-25-22)10-18(27-21)17-7-3-5-13-4-1-2-6-16(13)17/h1-7,12,14-15,20,28H,8-11H2,(H2,23,29,30)(H,24,25,26)/t14-,15+,20-/m0/s1. The molecule has 5 rings (SSSR count). The molecule has 0 saturated heterocycles. The lowest BCUT2D eigenvalue weighted by molar-refractivity contribution is 0.101. The number of rotatable bonds is 6. The zero-order valence-corrected chi connectivity index (χ0v) is 18.0. The second-order valence-corrected chi connectivity index (χ2v) is 9.42. The fourth-order valence-electron chi connectivity index (χ4n) is 4.51. The molecule has 0 radical (unpaired) electrons. The third-order valence-corrected chi connectivity index (χ3v) is 6.49. The summed E-state index contributed by atoms with van der Waals surface area (Å²) in [5.74, 6) is 0.269. The van der Waals surface area contributed by atoms with Crippen LogP contribution in [0.15, 0.2) is 53.8 Å². The lowest BCUT2D eigenvalue weighted by atomic mass is 9.99. The first-order valence-electron chi connectivity index (χ1n) is 10.4. The summed E-state index contributed by atoms with van der Waals surface area (Å²) in [7, 11) is -4.04. The summed E-state index contributed by atoms with van der Waals surface area (Å²) in [6.45, 7) is -0.149. The largest absolute Gasteiger partial charge is 0.393 e. The number of fused-ring (bicyclic) bond motifs is 2. The average Bonchev–Trinajstić information content (AvgIpc) is 3.35. The van der Waals surface area contributed by atoms with E-state index >= 15 is 0 Å². The Kier molecular flexibility index (Phi) is 5.38. The summed E-state index contributed by atoms with van der Waals surface area (Å²) in [6.07, 6.45) is 2.39. The van der Waals surface area contributed by atoms with Crippen LogP contribution in [-0.4, -0.2) is 48.0 Å². The van der Waals surface area contributed by atoms with E-state index in [-0.39, 0.29) is 18.6 Å². The van der Waals surface area contributed by atoms with E-state index in [9.17, 15) is 13.5 Å². The van der Waals surface area contributed by atoms with Crippen LogP contribution in [-0.2, 0) is 20.9 Å². The van der Waals surface area contributed by atoms with Crippen molar-refractivity contribution in [3.05, 3.63) is 60.0 Å². The molecule has 1 saturated carbocycles. The van der Waals surface area contributed by atoms with E-state index in [2.05, 4.69) is 43.7 Å². The van der Waals surface area contributed by atoms with Crippen molar-refractivity contribution in [1.82, 2.24) is 9.97 Å². The zero-order chi connectivity index (χ0) is 22.3. The van der Waals surface area contributed by atoms with E-state index in [1.807, 2.05) is 18.2 Å². The first-order chi connectivity index (χ1) is 15.4. The molecule has 2 aromatic carbocycles. The van der Waals surface area contributed by atoms with E-state index in [1.54, 1.807) is 0 Å². The van der Waals surface area contributed by atoms with Gasteiger partial charge in [-0.2, -0.15) is 8.42 Å². The number of nitrogens with two attached hydrogens (primary N) is 1. The quantitative estimate of drug-likeness (QED) is 0.519. The Labute approximate surface area is 185 Å². The van der Waals surface area contributed by atoms with Crippen molar-refractivity contribution in [2.75, 3.05) is 11.9 Å². The second-order valence-electron chi connectivity index (χ2n) is 8.20. The monoisotopic (exact) mass is 453 g/mol. The van der Waals surface area contributed by atoms with Gasteiger partial charge in [-0.3, -0.25) is 4.18 Å². The predicted molar refractivity (Wildman–Crippen MR) is 121 cm³/mol. The Bertz CT molecular complexity index is 1310. The van der Waals surface area contributed by atoms with E-state index in [1.165, 1.54) is 6.33 Å². The Balaban J connectivity index is 1.37. The molecule has 166 valence electrons. The number of benzene rings is 2. The van der Waals surface area contributed by atoms with Crippen LogP contribution >= 0.6 is 0 Å². The van der Waals surface area contributed by atoms with Gasteiger partial charge in [0.15, 0.2) is 5.82 Å². The highest BCUT2D eigenvalue weighted by atomic mass is 32.2. The minimum Gasteiger partial charge on any atom is -0.393 e. The number of aromatic nitrogens is 2. The topological polar surface area (TPSA) is 140 Å². The molecule has 1 aliphatic heterocycles. The molecule has 0 bridgehead atoms. The van der Waals surface area contributed by atoms with E-state index in [0.29, 0.717) is 30.8 Å². The number of aliphatic hydroxyl groups is 1. The summed E-state index contributed by atoms with van der Waals surface area (Å²) >= 11 is 0. The number of aliphatic hydroxyl groups excluding tert-OH is 1. The Hall–Kier alpha value is -2.92. The van der Waals surface area contributed by atoms with Gasteiger partial charge < -0.3 is 10.4 Å². The van der Waals surface area contributed by atoms with Gasteiger partial charge in [-0.25, -0.2) is 20.1 Å². The minimum absolute atomic E-state index is 0.102. The van der Waals surface area contributed by atoms with Crippen molar-refractivity contribution in [2.24, 2.45) is 16.0 Å². The van der Waals surface area contributed by atoms with Crippen molar-refractivity contribution < 1.29 is 17.7 Å². The van der Waals surface area contributed by atoms with Gasteiger partial charge in [-0.15, -0.1) is 0 Å². The molecule has 10 heteroatoms. The number of nitrogens with zero attached hydrogens (tertiary/aromatic N) is 3. The van der Waals surface area contributed by atoms with Crippen LogP contribution in [0.3, 0.4) is 0 Å². The number of anilines is 1. The molecular weight excluding hydrogens is 430 g/mol. The third-order valence-electron chi connectivity index (χ3n) is 6.02. The van der Waals surface area contributed by atoms with Crippen molar-refractivity contribution in [1.29, 1.82) is 0 Å². The summed E-state index contributed by atoms with van der Waals surface area (Å²) in [5.41, 5.74) is 3.56. The fourth-order valence-corrected chi connectivity index (χ4v) is 4.87. The average molecular weight is 454 g/mol. The summed E-state index contributed by atoms with van der Waals surface area (Å²) in [4.78, 5) is 13.7. The molecule has 0 spiro atoms. The smallest absolute Gasteiger partial charge is 0.333 e. The van der Waals surface area contributed by atoms with Gasteiger partial charge in [0.05, 0.1) is 24.1 Å². The van der Waals surface area contributed by atoms with E-state index in [4.69, 9.17) is 10.1 Å². The van der Waals surface area contributed by atoms with Gasteiger partial charge in [0.1, 0.15) is 12.0 Å². The molecule has 3 atom stereocenters. The van der Waals surface area contributed by atoms with Gasteiger partial charge in [-0.1, -0.05) is 42.5 Å². The summed E-state index contributed by atoms with van der Waals surface area (Å²) in [5, 5.41) is 20.8. The molecule has 9 nitrogen and oxygen atoms in total. The minimum atomic E-state index is -4.04. The molecular formula is C22H23N5O4S. The second kappa shape index (κ2) is 8.21. The Morgan fingerprint density at radius 1 is 1.12 bits per heavy atom. The van der Waals surface area contributed by atoms with Crippen molar-refractivity contribution in [3.63, 3.8) is 0 Å². The van der Waals surface area contributed by atoms with Crippen LogP contribution in [0.5, 0.6) is 0 Å². The highest BCUT2D eigenvalue weighted by Crippen LogP contribution is 2.37. The highest BCUT2D eigenvalue weighted by molar-refractivity contribution is 7.84. The summed E-state index contributed by atoms with van der Waals surface area (Å²) < 4.78 is 26.8. The van der Waals surface area contributed by atoms with Crippen molar-refractivity contribution in [2.45, 2.75) is 31.4 Å². The molecule has 0 amide bonds. The normalized spacial score (nSPS) is 22.7. The van der Waals surface area contributed by atoms with Crippen LogP contribution in [0, 0.1) is 5.92 Å². The Morgan fingerprint density at radius 2 is 1.94 bits per heavy atom. The number of aliphatic imine (C=N–C) groups is 1. The van der Waals surface area contributed by atoms with Crippen LogP contribution in [0.25, 0.3) is 10.8 Å².